The van der Waals surface area contributed by atoms with E-state index in [1.165, 1.54) is 0 Å². The number of rotatable bonds is 7. The van der Waals surface area contributed by atoms with Crippen LogP contribution in [0.15, 0.2) is 6.20 Å². The Bertz CT molecular complexity index is 360. The van der Waals surface area contributed by atoms with Crippen LogP contribution in [0, 0.1) is 11.8 Å². The second kappa shape index (κ2) is 7.15. The van der Waals surface area contributed by atoms with Gasteiger partial charge in [-0.1, -0.05) is 39.3 Å². The number of aromatic nitrogens is 2. The third-order valence-electron chi connectivity index (χ3n) is 3.44. The predicted molar refractivity (Wildman–Crippen MR) is 78.2 cm³/mol. The van der Waals surface area contributed by atoms with E-state index >= 15 is 0 Å². The lowest BCUT2D eigenvalue weighted by atomic mass is 9.92. The minimum absolute atomic E-state index is 0.416. The fourth-order valence-corrected chi connectivity index (χ4v) is 2.44. The number of nitrogens with one attached hydrogen (secondary N) is 1. The van der Waals surface area contributed by atoms with Crippen LogP contribution in [-0.4, -0.2) is 22.9 Å². The fourth-order valence-electron chi connectivity index (χ4n) is 2.12. The zero-order valence-corrected chi connectivity index (χ0v) is 13.0. The third kappa shape index (κ3) is 3.99. The summed E-state index contributed by atoms with van der Waals surface area (Å²) < 4.78 is 2.01. The van der Waals surface area contributed by atoms with E-state index in [9.17, 15) is 0 Å². The average molecular weight is 272 g/mol. The van der Waals surface area contributed by atoms with E-state index in [1.807, 2.05) is 4.68 Å². The molecule has 0 fully saturated rings. The Hall–Kier alpha value is -0.540. The van der Waals surface area contributed by atoms with Gasteiger partial charge >= 0.3 is 0 Å². The summed E-state index contributed by atoms with van der Waals surface area (Å²) in [5, 5.41) is 8.61. The largest absolute Gasteiger partial charge is 0.316 e. The smallest absolute Gasteiger partial charge is 0.0820 e. The molecule has 1 rings (SSSR count). The molecule has 0 spiro atoms. The van der Waals surface area contributed by atoms with Crippen molar-refractivity contribution in [2.24, 2.45) is 11.8 Å². The topological polar surface area (TPSA) is 29.9 Å². The summed E-state index contributed by atoms with van der Waals surface area (Å²) >= 11 is 6.24. The predicted octanol–water partition coefficient (Wildman–Crippen LogP) is 3.54. The van der Waals surface area contributed by atoms with E-state index in [2.05, 4.69) is 45.0 Å². The minimum Gasteiger partial charge on any atom is -0.316 e. The second-order valence-electron chi connectivity index (χ2n) is 5.51. The van der Waals surface area contributed by atoms with Crippen LogP contribution in [0.4, 0.5) is 0 Å². The van der Waals surface area contributed by atoms with Gasteiger partial charge in [-0.25, -0.2) is 0 Å². The molecule has 0 aliphatic carbocycles. The molecule has 18 heavy (non-hydrogen) atoms. The quantitative estimate of drug-likeness (QED) is 0.822. The number of hydrogen-bond acceptors (Lipinski definition) is 2. The van der Waals surface area contributed by atoms with E-state index in [4.69, 9.17) is 11.6 Å². The Morgan fingerprint density at radius 1 is 1.28 bits per heavy atom. The zero-order chi connectivity index (χ0) is 13.7. The Kier molecular flexibility index (Phi) is 6.16. The molecular formula is C14H26ClN3. The molecule has 1 N–H and O–H groups in total. The highest BCUT2D eigenvalue weighted by atomic mass is 35.5. The van der Waals surface area contributed by atoms with Gasteiger partial charge < -0.3 is 5.32 Å². The van der Waals surface area contributed by atoms with Crippen molar-refractivity contribution in [1.82, 2.24) is 15.1 Å². The highest BCUT2D eigenvalue weighted by Gasteiger charge is 2.21. The normalized spacial score (nSPS) is 15.1. The van der Waals surface area contributed by atoms with Crippen molar-refractivity contribution in [2.45, 2.75) is 47.1 Å². The Morgan fingerprint density at radius 3 is 2.50 bits per heavy atom. The summed E-state index contributed by atoms with van der Waals surface area (Å²) in [5.74, 6) is 1.65. The van der Waals surface area contributed by atoms with Crippen LogP contribution in [0.2, 0.25) is 5.02 Å². The van der Waals surface area contributed by atoms with Crippen molar-refractivity contribution < 1.29 is 0 Å². The summed E-state index contributed by atoms with van der Waals surface area (Å²) in [6.07, 6.45) is 1.76. The molecule has 1 aromatic rings. The summed E-state index contributed by atoms with van der Waals surface area (Å²) in [6, 6.07) is 0. The molecule has 0 aliphatic rings. The number of halogens is 1. The van der Waals surface area contributed by atoms with Gasteiger partial charge in [-0.15, -0.1) is 0 Å². The standard InChI is InChI=1S/C14H26ClN3/c1-6-18-14(13(15)9-17-18)12(5)11(4)8-16-7-10(2)3/h9-12,16H,6-8H2,1-5H3. The summed E-state index contributed by atoms with van der Waals surface area (Å²) in [6.45, 7) is 14.0. The van der Waals surface area contributed by atoms with Crippen molar-refractivity contribution in [2.75, 3.05) is 13.1 Å². The molecule has 0 saturated heterocycles. The lowest BCUT2D eigenvalue weighted by molar-refractivity contribution is 0.410. The summed E-state index contributed by atoms with van der Waals surface area (Å²) in [4.78, 5) is 0. The molecule has 4 heteroatoms. The zero-order valence-electron chi connectivity index (χ0n) is 12.2. The highest BCUT2D eigenvalue weighted by Crippen LogP contribution is 2.29. The Morgan fingerprint density at radius 2 is 1.94 bits per heavy atom. The van der Waals surface area contributed by atoms with Crippen molar-refractivity contribution in [1.29, 1.82) is 0 Å². The lowest BCUT2D eigenvalue weighted by Gasteiger charge is -2.22. The van der Waals surface area contributed by atoms with Crippen molar-refractivity contribution in [3.05, 3.63) is 16.9 Å². The molecule has 0 amide bonds. The SMILES string of the molecule is CCn1ncc(Cl)c1C(C)C(C)CNCC(C)C. The van der Waals surface area contributed by atoms with Crippen molar-refractivity contribution >= 4 is 11.6 Å². The maximum atomic E-state index is 6.24. The Balaban J connectivity index is 2.62. The average Bonchev–Trinajstić information content (AvgIpc) is 2.68. The molecule has 1 aromatic heterocycles. The van der Waals surface area contributed by atoms with Gasteiger partial charge in [0, 0.05) is 12.5 Å². The molecule has 3 nitrogen and oxygen atoms in total. The van der Waals surface area contributed by atoms with Crippen LogP contribution < -0.4 is 5.32 Å². The third-order valence-corrected chi connectivity index (χ3v) is 3.73. The van der Waals surface area contributed by atoms with Crippen LogP contribution in [0.25, 0.3) is 0 Å². The van der Waals surface area contributed by atoms with Gasteiger partial charge in [0.1, 0.15) is 0 Å². The number of nitrogens with zero attached hydrogens (tertiary/aromatic N) is 2. The first kappa shape index (κ1) is 15.5. The molecular weight excluding hydrogens is 246 g/mol. The van der Waals surface area contributed by atoms with E-state index in [0.717, 1.165) is 30.4 Å². The summed E-state index contributed by atoms with van der Waals surface area (Å²) in [5.41, 5.74) is 1.16. The van der Waals surface area contributed by atoms with Gasteiger partial charge in [0.25, 0.3) is 0 Å². The molecule has 2 atom stereocenters. The minimum atomic E-state index is 0.416. The lowest BCUT2D eigenvalue weighted by Crippen LogP contribution is -2.28. The maximum absolute atomic E-state index is 6.24. The van der Waals surface area contributed by atoms with Gasteiger partial charge in [0.15, 0.2) is 0 Å². The number of hydrogen-bond donors (Lipinski definition) is 1. The van der Waals surface area contributed by atoms with E-state index in [-0.39, 0.29) is 0 Å². The molecule has 0 aromatic carbocycles. The van der Waals surface area contributed by atoms with Crippen LogP contribution in [-0.2, 0) is 6.54 Å². The number of aryl methyl sites for hydroxylation is 1. The molecule has 1 heterocycles. The van der Waals surface area contributed by atoms with E-state index in [0.29, 0.717) is 17.8 Å². The van der Waals surface area contributed by atoms with Gasteiger partial charge in [-0.3, -0.25) is 4.68 Å². The van der Waals surface area contributed by atoms with E-state index in [1.54, 1.807) is 6.20 Å². The fraction of sp³-hybridized carbons (Fsp3) is 0.786. The molecule has 0 aliphatic heterocycles. The van der Waals surface area contributed by atoms with Crippen LogP contribution in [0.5, 0.6) is 0 Å². The van der Waals surface area contributed by atoms with Crippen molar-refractivity contribution in [3.63, 3.8) is 0 Å². The van der Waals surface area contributed by atoms with Crippen LogP contribution in [0.3, 0.4) is 0 Å². The van der Waals surface area contributed by atoms with Gasteiger partial charge in [0.05, 0.1) is 16.9 Å². The van der Waals surface area contributed by atoms with Gasteiger partial charge in [0.2, 0.25) is 0 Å². The first-order valence-electron chi connectivity index (χ1n) is 6.89. The van der Waals surface area contributed by atoms with Gasteiger partial charge in [-0.2, -0.15) is 5.10 Å². The second-order valence-corrected chi connectivity index (χ2v) is 5.92. The Labute approximate surface area is 116 Å². The summed E-state index contributed by atoms with van der Waals surface area (Å²) in [7, 11) is 0. The first-order chi connectivity index (χ1) is 8.47. The molecule has 2 unspecified atom stereocenters. The van der Waals surface area contributed by atoms with Crippen LogP contribution in [0.1, 0.15) is 46.2 Å². The van der Waals surface area contributed by atoms with E-state index < -0.39 is 0 Å². The first-order valence-corrected chi connectivity index (χ1v) is 7.27. The molecule has 0 saturated carbocycles. The van der Waals surface area contributed by atoms with Gasteiger partial charge in [-0.05, 0) is 31.8 Å². The maximum Gasteiger partial charge on any atom is 0.0820 e. The highest BCUT2D eigenvalue weighted by molar-refractivity contribution is 6.31. The monoisotopic (exact) mass is 271 g/mol. The van der Waals surface area contributed by atoms with Crippen LogP contribution >= 0.6 is 11.6 Å². The molecule has 0 bridgehead atoms. The molecule has 0 radical (unpaired) electrons. The van der Waals surface area contributed by atoms with Crippen molar-refractivity contribution in [3.8, 4) is 0 Å². The molecule has 104 valence electrons.